The molecule has 0 aliphatic heterocycles. The lowest BCUT2D eigenvalue weighted by Gasteiger charge is -2.25. The van der Waals surface area contributed by atoms with Crippen LogP contribution in [0.5, 0.6) is 5.75 Å². The summed E-state index contributed by atoms with van der Waals surface area (Å²) in [6, 6.07) is 8.20. The van der Waals surface area contributed by atoms with Gasteiger partial charge in [-0.2, -0.15) is 0 Å². The summed E-state index contributed by atoms with van der Waals surface area (Å²) >= 11 is 0. The van der Waals surface area contributed by atoms with Crippen molar-refractivity contribution in [2.75, 3.05) is 27.3 Å². The Morgan fingerprint density at radius 3 is 2.45 bits per heavy atom. The van der Waals surface area contributed by atoms with Crippen molar-refractivity contribution in [3.8, 4) is 5.75 Å². The van der Waals surface area contributed by atoms with E-state index in [1.54, 1.807) is 7.11 Å². The molecule has 0 saturated heterocycles. The molecule has 1 N–H and O–H groups in total. The van der Waals surface area contributed by atoms with Gasteiger partial charge in [0, 0.05) is 6.54 Å². The van der Waals surface area contributed by atoms with Crippen molar-refractivity contribution < 1.29 is 9.47 Å². The largest absolute Gasteiger partial charge is 0.497 e. The fourth-order valence-corrected chi connectivity index (χ4v) is 2.88. The topological polar surface area (TPSA) is 30.5 Å². The van der Waals surface area contributed by atoms with Crippen molar-refractivity contribution in [2.24, 2.45) is 5.92 Å². The first-order valence-corrected chi connectivity index (χ1v) is 7.73. The van der Waals surface area contributed by atoms with Crippen LogP contribution in [0.4, 0.5) is 0 Å². The number of benzene rings is 1. The summed E-state index contributed by atoms with van der Waals surface area (Å²) in [5.41, 5.74) is 1.22. The number of likely N-dealkylation sites (N-methyl/N-ethyl adjacent to an activating group) is 1. The molecular formula is C17H27NO2. The number of hydrogen-bond acceptors (Lipinski definition) is 3. The van der Waals surface area contributed by atoms with Crippen LogP contribution in [0.2, 0.25) is 0 Å². The molecule has 1 aromatic rings. The third-order valence-electron chi connectivity index (χ3n) is 4.13. The molecule has 0 spiro atoms. The lowest BCUT2D eigenvalue weighted by atomic mass is 9.90. The summed E-state index contributed by atoms with van der Waals surface area (Å²) in [7, 11) is 3.67. The summed E-state index contributed by atoms with van der Waals surface area (Å²) in [4.78, 5) is 0. The third kappa shape index (κ3) is 4.50. The predicted octanol–water partition coefficient (Wildman–Crippen LogP) is 3.55. The van der Waals surface area contributed by atoms with Gasteiger partial charge >= 0.3 is 0 Å². The third-order valence-corrected chi connectivity index (χ3v) is 4.13. The van der Waals surface area contributed by atoms with E-state index in [-0.39, 0.29) is 6.10 Å². The van der Waals surface area contributed by atoms with E-state index in [0.29, 0.717) is 0 Å². The van der Waals surface area contributed by atoms with Gasteiger partial charge in [0.15, 0.2) is 0 Å². The van der Waals surface area contributed by atoms with Crippen molar-refractivity contribution in [3.63, 3.8) is 0 Å². The second-order valence-corrected chi connectivity index (χ2v) is 5.66. The number of methoxy groups -OCH3 is 1. The van der Waals surface area contributed by atoms with Gasteiger partial charge in [-0.3, -0.25) is 0 Å². The fraction of sp³-hybridized carbons (Fsp3) is 0.647. The maximum absolute atomic E-state index is 6.18. The molecule has 1 aromatic carbocycles. The van der Waals surface area contributed by atoms with E-state index < -0.39 is 0 Å². The zero-order chi connectivity index (χ0) is 14.2. The Morgan fingerprint density at radius 2 is 1.85 bits per heavy atom. The van der Waals surface area contributed by atoms with Crippen LogP contribution in [0.1, 0.15) is 43.8 Å². The smallest absolute Gasteiger partial charge is 0.118 e. The molecule has 1 saturated carbocycles. The second-order valence-electron chi connectivity index (χ2n) is 5.66. The predicted molar refractivity (Wildman–Crippen MR) is 82.2 cm³/mol. The van der Waals surface area contributed by atoms with Crippen LogP contribution in [0.3, 0.4) is 0 Å². The number of nitrogens with one attached hydrogen (secondary N) is 1. The van der Waals surface area contributed by atoms with Crippen molar-refractivity contribution >= 4 is 0 Å². The Balaban J connectivity index is 1.90. The maximum Gasteiger partial charge on any atom is 0.118 e. The molecule has 0 heterocycles. The van der Waals surface area contributed by atoms with Gasteiger partial charge in [-0.05, 0) is 43.5 Å². The zero-order valence-electron chi connectivity index (χ0n) is 12.7. The minimum atomic E-state index is 0.132. The Kier molecular flexibility index (Phi) is 6.34. The Hall–Kier alpha value is -1.06. The zero-order valence-corrected chi connectivity index (χ0v) is 12.7. The van der Waals surface area contributed by atoms with Crippen molar-refractivity contribution in [1.29, 1.82) is 0 Å². The molecule has 112 valence electrons. The van der Waals surface area contributed by atoms with E-state index in [4.69, 9.17) is 9.47 Å². The molecule has 0 amide bonds. The van der Waals surface area contributed by atoms with Gasteiger partial charge in [-0.1, -0.05) is 31.4 Å². The first kappa shape index (κ1) is 15.3. The molecule has 1 fully saturated rings. The standard InChI is InChI=1S/C17H27NO2/c1-18-12-17(15-8-10-16(19-2)11-9-15)20-13-14-6-4-3-5-7-14/h8-11,14,17-18H,3-7,12-13H2,1-2H3. The highest BCUT2D eigenvalue weighted by Gasteiger charge is 2.17. The number of hydrogen-bond donors (Lipinski definition) is 1. The lowest BCUT2D eigenvalue weighted by molar-refractivity contribution is 0.0209. The summed E-state index contributed by atoms with van der Waals surface area (Å²) in [6.45, 7) is 1.73. The summed E-state index contributed by atoms with van der Waals surface area (Å²) < 4.78 is 11.4. The van der Waals surface area contributed by atoms with Crippen molar-refractivity contribution in [1.82, 2.24) is 5.32 Å². The molecule has 0 bridgehead atoms. The maximum atomic E-state index is 6.18. The van der Waals surface area contributed by atoms with Gasteiger partial charge in [0.2, 0.25) is 0 Å². The SMILES string of the molecule is CNCC(OCC1CCCCC1)c1ccc(OC)cc1. The minimum Gasteiger partial charge on any atom is -0.497 e. The monoisotopic (exact) mass is 277 g/mol. The van der Waals surface area contributed by atoms with Gasteiger partial charge in [-0.25, -0.2) is 0 Å². The Labute approximate surface area is 122 Å². The van der Waals surface area contributed by atoms with Gasteiger partial charge in [-0.15, -0.1) is 0 Å². The van der Waals surface area contributed by atoms with Gasteiger partial charge in [0.25, 0.3) is 0 Å². The fourth-order valence-electron chi connectivity index (χ4n) is 2.88. The molecule has 3 heteroatoms. The first-order valence-electron chi connectivity index (χ1n) is 7.73. The molecule has 0 aromatic heterocycles. The highest BCUT2D eigenvalue weighted by molar-refractivity contribution is 5.28. The average molecular weight is 277 g/mol. The second kappa shape index (κ2) is 8.28. The highest BCUT2D eigenvalue weighted by Crippen LogP contribution is 2.26. The van der Waals surface area contributed by atoms with Gasteiger partial charge < -0.3 is 14.8 Å². The van der Waals surface area contributed by atoms with E-state index in [2.05, 4.69) is 17.4 Å². The van der Waals surface area contributed by atoms with Gasteiger partial charge in [0.1, 0.15) is 5.75 Å². The summed E-state index contributed by atoms with van der Waals surface area (Å²) in [5, 5.41) is 3.23. The van der Waals surface area contributed by atoms with Crippen LogP contribution < -0.4 is 10.1 Å². The van der Waals surface area contributed by atoms with E-state index in [1.165, 1.54) is 37.7 Å². The van der Waals surface area contributed by atoms with Crippen LogP contribution >= 0.6 is 0 Å². The van der Waals surface area contributed by atoms with E-state index in [9.17, 15) is 0 Å². The molecule has 1 unspecified atom stereocenters. The normalized spacial score (nSPS) is 17.9. The summed E-state index contributed by atoms with van der Waals surface area (Å²) in [5.74, 6) is 1.64. The van der Waals surface area contributed by atoms with E-state index in [1.807, 2.05) is 19.2 Å². The lowest BCUT2D eigenvalue weighted by Crippen LogP contribution is -2.23. The number of ether oxygens (including phenoxy) is 2. The van der Waals surface area contributed by atoms with Crippen LogP contribution in [-0.2, 0) is 4.74 Å². The minimum absolute atomic E-state index is 0.132. The molecular weight excluding hydrogens is 250 g/mol. The highest BCUT2D eigenvalue weighted by atomic mass is 16.5. The molecule has 20 heavy (non-hydrogen) atoms. The quantitative estimate of drug-likeness (QED) is 0.826. The van der Waals surface area contributed by atoms with E-state index >= 15 is 0 Å². The van der Waals surface area contributed by atoms with E-state index in [0.717, 1.165) is 24.8 Å². The van der Waals surface area contributed by atoms with Crippen molar-refractivity contribution in [2.45, 2.75) is 38.2 Å². The molecule has 3 nitrogen and oxygen atoms in total. The van der Waals surface area contributed by atoms with Gasteiger partial charge in [0.05, 0.1) is 19.8 Å². The molecule has 1 aliphatic rings. The molecule has 1 aliphatic carbocycles. The van der Waals surface area contributed by atoms with Crippen LogP contribution in [0.15, 0.2) is 24.3 Å². The Morgan fingerprint density at radius 1 is 1.15 bits per heavy atom. The molecule has 1 atom stereocenters. The van der Waals surface area contributed by atoms with Crippen LogP contribution in [0.25, 0.3) is 0 Å². The number of rotatable bonds is 7. The first-order chi connectivity index (χ1) is 9.83. The van der Waals surface area contributed by atoms with Crippen LogP contribution in [0, 0.1) is 5.92 Å². The molecule has 2 rings (SSSR count). The Bertz CT molecular complexity index is 371. The van der Waals surface area contributed by atoms with Crippen molar-refractivity contribution in [3.05, 3.63) is 29.8 Å². The average Bonchev–Trinajstić information content (AvgIpc) is 2.52. The molecule has 0 radical (unpaired) electrons. The summed E-state index contributed by atoms with van der Waals surface area (Å²) in [6.07, 6.45) is 6.92. The van der Waals surface area contributed by atoms with Crippen LogP contribution in [-0.4, -0.2) is 27.3 Å².